The Morgan fingerprint density at radius 1 is 0.333 bits per heavy atom. The average molecular weight is 726 g/mol. The monoisotopic (exact) mass is 725 g/mol. The van der Waals surface area contributed by atoms with Crippen LogP contribution in [0.25, 0.3) is 54.6 Å². The Morgan fingerprint density at radius 2 is 0.860 bits per heavy atom. The molecule has 1 aliphatic carbocycles. The molecule has 266 valence electrons. The number of benzene rings is 10. The van der Waals surface area contributed by atoms with Gasteiger partial charge in [-0.2, -0.15) is 0 Å². The molecule has 0 unspecified atom stereocenters. The fourth-order valence-electron chi connectivity index (χ4n) is 9.79. The van der Waals surface area contributed by atoms with Crippen LogP contribution in [0, 0.1) is 0 Å². The highest BCUT2D eigenvalue weighted by Gasteiger charge is 2.52. The summed E-state index contributed by atoms with van der Waals surface area (Å²) in [5.41, 5.74) is 12.4. The van der Waals surface area contributed by atoms with Gasteiger partial charge in [-0.05, 0) is 79.9 Å². The van der Waals surface area contributed by atoms with E-state index in [9.17, 15) is 0 Å². The van der Waals surface area contributed by atoms with Gasteiger partial charge in [-0.25, -0.2) is 0 Å². The first-order valence-electron chi connectivity index (χ1n) is 19.7. The average Bonchev–Trinajstić information content (AvgIpc) is 3.57. The van der Waals surface area contributed by atoms with Gasteiger partial charge in [-0.1, -0.05) is 182 Å². The second-order valence-corrected chi connectivity index (χ2v) is 15.2. The van der Waals surface area contributed by atoms with Gasteiger partial charge in [0.1, 0.15) is 11.5 Å². The van der Waals surface area contributed by atoms with E-state index in [1.54, 1.807) is 0 Å². The summed E-state index contributed by atoms with van der Waals surface area (Å²) in [5, 5.41) is 6.96. The van der Waals surface area contributed by atoms with Crippen molar-refractivity contribution in [1.82, 2.24) is 0 Å². The molecule has 1 aliphatic heterocycles. The number of ether oxygens (including phenoxy) is 1. The number of rotatable bonds is 4. The zero-order valence-electron chi connectivity index (χ0n) is 31.1. The van der Waals surface area contributed by atoms with Crippen molar-refractivity contribution < 1.29 is 4.74 Å². The molecule has 1 heterocycles. The van der Waals surface area contributed by atoms with Gasteiger partial charge in [-0.15, -0.1) is 0 Å². The molecule has 2 aliphatic rings. The van der Waals surface area contributed by atoms with Crippen molar-refractivity contribution in [2.75, 3.05) is 4.90 Å². The first-order valence-corrected chi connectivity index (χ1v) is 19.7. The number of fused-ring (bicyclic) bond motifs is 14. The Labute approximate surface area is 331 Å². The summed E-state index contributed by atoms with van der Waals surface area (Å²) in [4.78, 5) is 2.44. The van der Waals surface area contributed by atoms with Crippen LogP contribution in [-0.2, 0) is 5.41 Å². The minimum atomic E-state index is -0.638. The summed E-state index contributed by atoms with van der Waals surface area (Å²) in [7, 11) is 0. The maximum atomic E-state index is 7.22. The molecular weight excluding hydrogens is 691 g/mol. The van der Waals surface area contributed by atoms with Crippen LogP contribution in [0.2, 0.25) is 0 Å². The molecule has 0 aromatic heterocycles. The van der Waals surface area contributed by atoms with Crippen LogP contribution in [0.15, 0.2) is 212 Å². The van der Waals surface area contributed by atoms with Gasteiger partial charge < -0.3 is 9.64 Å². The molecule has 0 saturated heterocycles. The molecule has 0 bridgehead atoms. The van der Waals surface area contributed by atoms with Crippen LogP contribution in [0.5, 0.6) is 11.5 Å². The molecule has 0 amide bonds. The van der Waals surface area contributed by atoms with Crippen LogP contribution >= 0.6 is 0 Å². The van der Waals surface area contributed by atoms with Crippen molar-refractivity contribution in [3.63, 3.8) is 0 Å². The van der Waals surface area contributed by atoms with Crippen LogP contribution in [0.4, 0.5) is 17.1 Å². The van der Waals surface area contributed by atoms with E-state index in [0.717, 1.165) is 61.2 Å². The van der Waals surface area contributed by atoms with Gasteiger partial charge in [0.05, 0.1) is 11.1 Å². The maximum Gasteiger partial charge on any atom is 0.140 e. The van der Waals surface area contributed by atoms with E-state index >= 15 is 0 Å². The van der Waals surface area contributed by atoms with Crippen LogP contribution < -0.4 is 9.64 Å². The number of hydrogen-bond acceptors (Lipinski definition) is 2. The molecule has 10 aromatic carbocycles. The van der Waals surface area contributed by atoms with E-state index in [0.29, 0.717) is 0 Å². The third kappa shape index (κ3) is 4.59. The van der Waals surface area contributed by atoms with Gasteiger partial charge >= 0.3 is 0 Å². The van der Waals surface area contributed by atoms with Gasteiger partial charge in [-0.3, -0.25) is 0 Å². The molecule has 12 rings (SSSR count). The Hall–Kier alpha value is -7.42. The molecule has 1 spiro atoms. The normalized spacial score (nSPS) is 13.2. The van der Waals surface area contributed by atoms with Crippen molar-refractivity contribution in [2.45, 2.75) is 5.41 Å². The third-order valence-electron chi connectivity index (χ3n) is 12.3. The van der Waals surface area contributed by atoms with Crippen molar-refractivity contribution in [3.05, 3.63) is 235 Å². The van der Waals surface area contributed by atoms with E-state index in [4.69, 9.17) is 4.74 Å². The van der Waals surface area contributed by atoms with E-state index in [1.807, 2.05) is 0 Å². The van der Waals surface area contributed by atoms with E-state index in [1.165, 1.54) is 44.2 Å². The highest BCUT2D eigenvalue weighted by molar-refractivity contribution is 6.02. The van der Waals surface area contributed by atoms with E-state index in [2.05, 4.69) is 217 Å². The highest BCUT2D eigenvalue weighted by atomic mass is 16.5. The van der Waals surface area contributed by atoms with Gasteiger partial charge in [0.25, 0.3) is 0 Å². The number of anilines is 3. The molecule has 0 saturated carbocycles. The summed E-state index contributed by atoms with van der Waals surface area (Å²) in [6.45, 7) is 0. The minimum absolute atomic E-state index is 0.638. The lowest BCUT2D eigenvalue weighted by Crippen LogP contribution is -2.32. The fourth-order valence-corrected chi connectivity index (χ4v) is 9.79. The maximum absolute atomic E-state index is 7.22. The standard InChI is InChI=1S/C55H35NO/c1-2-13-36(14-3-1)37-25-29-41(30-26-37)56(52-24-12-18-38-15-4-7-19-43(38)52)42-31-32-47-46-22-10-11-23-48(46)55(51(47)35-42)49-33-27-39-16-5-8-20-44(39)53(49)57-54-45-21-9-6-17-40(45)28-34-50(54)55/h1-35H. The number of hydrogen-bond donors (Lipinski definition) is 0. The lowest BCUT2D eigenvalue weighted by Gasteiger charge is -2.40. The minimum Gasteiger partial charge on any atom is -0.455 e. The van der Waals surface area contributed by atoms with E-state index < -0.39 is 5.41 Å². The van der Waals surface area contributed by atoms with Gasteiger partial charge in [0, 0.05) is 38.7 Å². The molecule has 2 heteroatoms. The SMILES string of the molecule is c1ccc(-c2ccc(N(c3ccc4c(c3)C3(c5ccccc5-4)c4ccc5ccccc5c4Oc4c3ccc3ccccc43)c3cccc4ccccc34)cc2)cc1. The second-order valence-electron chi connectivity index (χ2n) is 15.2. The quantitative estimate of drug-likeness (QED) is 0.179. The molecule has 0 atom stereocenters. The molecular formula is C55H35NO. The van der Waals surface area contributed by atoms with Crippen molar-refractivity contribution in [3.8, 4) is 33.8 Å². The van der Waals surface area contributed by atoms with Crippen LogP contribution in [-0.4, -0.2) is 0 Å². The summed E-state index contributed by atoms with van der Waals surface area (Å²) in [6, 6.07) is 77.5. The van der Waals surface area contributed by atoms with Gasteiger partial charge in [0.2, 0.25) is 0 Å². The lowest BCUT2D eigenvalue weighted by molar-refractivity contribution is 0.447. The van der Waals surface area contributed by atoms with E-state index in [-0.39, 0.29) is 0 Å². The van der Waals surface area contributed by atoms with Crippen LogP contribution in [0.1, 0.15) is 22.3 Å². The Bertz CT molecular complexity index is 3130. The van der Waals surface area contributed by atoms with Gasteiger partial charge in [0.15, 0.2) is 0 Å². The Morgan fingerprint density at radius 3 is 1.56 bits per heavy atom. The third-order valence-corrected chi connectivity index (χ3v) is 12.3. The zero-order chi connectivity index (χ0) is 37.5. The zero-order valence-corrected chi connectivity index (χ0v) is 31.1. The molecule has 2 nitrogen and oxygen atoms in total. The molecule has 0 fully saturated rings. The largest absolute Gasteiger partial charge is 0.455 e. The summed E-state index contributed by atoms with van der Waals surface area (Å²) >= 11 is 0. The topological polar surface area (TPSA) is 12.5 Å². The summed E-state index contributed by atoms with van der Waals surface area (Å²) in [5.74, 6) is 1.85. The predicted octanol–water partition coefficient (Wildman–Crippen LogP) is 14.8. The highest BCUT2D eigenvalue weighted by Crippen LogP contribution is 2.64. The summed E-state index contributed by atoms with van der Waals surface area (Å²) in [6.07, 6.45) is 0. The molecule has 0 N–H and O–H groups in total. The fraction of sp³-hybridized carbons (Fsp3) is 0.0182. The molecule has 10 aromatic rings. The first kappa shape index (κ1) is 31.9. The molecule has 57 heavy (non-hydrogen) atoms. The Kier molecular flexibility index (Phi) is 6.88. The summed E-state index contributed by atoms with van der Waals surface area (Å²) < 4.78 is 7.22. The first-order chi connectivity index (χ1) is 28.3. The van der Waals surface area contributed by atoms with Crippen molar-refractivity contribution in [2.24, 2.45) is 0 Å². The Balaban J connectivity index is 1.17. The smallest absolute Gasteiger partial charge is 0.140 e. The van der Waals surface area contributed by atoms with Crippen LogP contribution in [0.3, 0.4) is 0 Å². The predicted molar refractivity (Wildman–Crippen MR) is 236 cm³/mol. The van der Waals surface area contributed by atoms with Crippen molar-refractivity contribution in [1.29, 1.82) is 0 Å². The second kappa shape index (κ2) is 12.3. The molecule has 0 radical (unpaired) electrons. The lowest BCUT2D eigenvalue weighted by atomic mass is 9.65. The number of nitrogens with zero attached hydrogens (tertiary/aromatic N) is 1. The van der Waals surface area contributed by atoms with Crippen molar-refractivity contribution >= 4 is 49.4 Å².